The molecule has 1 amide bonds. The number of nitrogens with zero attached hydrogens (tertiary/aromatic N) is 2. The Kier molecular flexibility index (Phi) is 5.09. The van der Waals surface area contributed by atoms with Gasteiger partial charge in [-0.25, -0.2) is 4.98 Å². The Bertz CT molecular complexity index is 431. The third-order valence-corrected chi connectivity index (χ3v) is 2.65. The molecule has 0 radical (unpaired) electrons. The number of aliphatic carboxylic acids is 1. The van der Waals surface area contributed by atoms with Crippen molar-refractivity contribution >= 4 is 23.5 Å². The zero-order valence-electron chi connectivity index (χ0n) is 10.3. The summed E-state index contributed by atoms with van der Waals surface area (Å²) in [5.74, 6) is -1.17. The van der Waals surface area contributed by atoms with Gasteiger partial charge in [0.05, 0.1) is 12.0 Å². The summed E-state index contributed by atoms with van der Waals surface area (Å²) in [6.07, 6.45) is 1.31. The number of aromatic nitrogens is 1. The van der Waals surface area contributed by atoms with Crippen LogP contribution >= 0.6 is 11.6 Å². The summed E-state index contributed by atoms with van der Waals surface area (Å²) >= 11 is 5.65. The van der Waals surface area contributed by atoms with E-state index >= 15 is 0 Å². The second kappa shape index (κ2) is 6.35. The van der Waals surface area contributed by atoms with Crippen LogP contribution in [0.3, 0.4) is 0 Å². The van der Waals surface area contributed by atoms with Crippen LogP contribution in [-0.2, 0) is 4.79 Å². The summed E-state index contributed by atoms with van der Waals surface area (Å²) in [6.45, 7) is 3.85. The minimum atomic E-state index is -0.928. The second-order valence-corrected chi connectivity index (χ2v) is 4.49. The summed E-state index contributed by atoms with van der Waals surface area (Å²) in [5, 5.41) is 8.98. The SMILES string of the molecule is CC(C)N(CCC(=O)O)C(=O)c1ccc(Cl)nc1. The summed E-state index contributed by atoms with van der Waals surface area (Å²) in [4.78, 5) is 28.1. The lowest BCUT2D eigenvalue weighted by molar-refractivity contribution is -0.137. The van der Waals surface area contributed by atoms with Crippen molar-refractivity contribution in [3.8, 4) is 0 Å². The molecule has 1 aromatic rings. The first kappa shape index (κ1) is 14.4. The van der Waals surface area contributed by atoms with Crippen LogP contribution in [0.4, 0.5) is 0 Å². The average Bonchev–Trinajstić information content (AvgIpc) is 2.29. The molecule has 1 aromatic heterocycles. The lowest BCUT2D eigenvalue weighted by atomic mass is 10.2. The molecule has 98 valence electrons. The molecule has 0 aromatic carbocycles. The predicted octanol–water partition coefficient (Wildman–Crippen LogP) is 2.06. The molecule has 0 aliphatic carbocycles. The largest absolute Gasteiger partial charge is 0.481 e. The number of carboxylic acids is 1. The monoisotopic (exact) mass is 270 g/mol. The van der Waals surface area contributed by atoms with Crippen LogP contribution in [-0.4, -0.2) is 39.5 Å². The molecule has 18 heavy (non-hydrogen) atoms. The molecule has 1 heterocycles. The van der Waals surface area contributed by atoms with Gasteiger partial charge in [0, 0.05) is 18.8 Å². The normalized spacial score (nSPS) is 10.4. The highest BCUT2D eigenvalue weighted by Crippen LogP contribution is 2.11. The number of carboxylic acid groups (broad SMARTS) is 1. The third kappa shape index (κ3) is 4.00. The molecule has 6 heteroatoms. The van der Waals surface area contributed by atoms with Gasteiger partial charge in [0.1, 0.15) is 5.15 Å². The summed E-state index contributed by atoms with van der Waals surface area (Å²) in [5.41, 5.74) is 0.401. The number of halogens is 1. The molecule has 0 unspecified atom stereocenters. The number of hydrogen-bond acceptors (Lipinski definition) is 3. The van der Waals surface area contributed by atoms with Crippen LogP contribution in [0.1, 0.15) is 30.6 Å². The minimum Gasteiger partial charge on any atom is -0.481 e. The Labute approximate surface area is 110 Å². The fraction of sp³-hybridized carbons (Fsp3) is 0.417. The van der Waals surface area contributed by atoms with Crippen molar-refractivity contribution in [3.63, 3.8) is 0 Å². The van der Waals surface area contributed by atoms with Gasteiger partial charge < -0.3 is 10.0 Å². The first-order valence-corrected chi connectivity index (χ1v) is 5.94. The van der Waals surface area contributed by atoms with Crippen LogP contribution in [0.15, 0.2) is 18.3 Å². The highest BCUT2D eigenvalue weighted by molar-refractivity contribution is 6.29. The third-order valence-electron chi connectivity index (χ3n) is 2.43. The first-order chi connectivity index (χ1) is 8.41. The van der Waals surface area contributed by atoms with Gasteiger partial charge in [0.15, 0.2) is 0 Å². The molecule has 1 rings (SSSR count). The maximum Gasteiger partial charge on any atom is 0.305 e. The highest BCUT2D eigenvalue weighted by atomic mass is 35.5. The maximum atomic E-state index is 12.2. The van der Waals surface area contributed by atoms with E-state index in [9.17, 15) is 9.59 Å². The first-order valence-electron chi connectivity index (χ1n) is 5.56. The van der Waals surface area contributed by atoms with Crippen LogP contribution in [0.25, 0.3) is 0 Å². The van der Waals surface area contributed by atoms with Crippen LogP contribution < -0.4 is 0 Å². The van der Waals surface area contributed by atoms with Gasteiger partial charge in [-0.1, -0.05) is 11.6 Å². The predicted molar refractivity (Wildman–Crippen MR) is 67.7 cm³/mol. The van der Waals surface area contributed by atoms with E-state index in [1.165, 1.54) is 17.2 Å². The molecular weight excluding hydrogens is 256 g/mol. The molecule has 0 saturated carbocycles. The standard InChI is InChI=1S/C12H15ClN2O3/c1-8(2)15(6-5-11(16)17)12(18)9-3-4-10(13)14-7-9/h3-4,7-8H,5-6H2,1-2H3,(H,16,17). The van der Waals surface area contributed by atoms with Gasteiger partial charge in [0.2, 0.25) is 0 Å². The van der Waals surface area contributed by atoms with E-state index in [4.69, 9.17) is 16.7 Å². The van der Waals surface area contributed by atoms with E-state index < -0.39 is 5.97 Å². The minimum absolute atomic E-state index is 0.0764. The number of amides is 1. The van der Waals surface area contributed by atoms with Gasteiger partial charge in [-0.3, -0.25) is 9.59 Å². The molecule has 0 aliphatic heterocycles. The Hall–Kier alpha value is -1.62. The van der Waals surface area contributed by atoms with Gasteiger partial charge >= 0.3 is 5.97 Å². The summed E-state index contributed by atoms with van der Waals surface area (Å²) in [6, 6.07) is 3.03. The van der Waals surface area contributed by atoms with E-state index in [1.54, 1.807) is 6.07 Å². The number of carbonyl (C=O) groups excluding carboxylic acids is 1. The van der Waals surface area contributed by atoms with E-state index in [0.29, 0.717) is 10.7 Å². The van der Waals surface area contributed by atoms with E-state index in [0.717, 1.165) is 0 Å². The van der Waals surface area contributed by atoms with Crippen molar-refractivity contribution < 1.29 is 14.7 Å². The molecule has 0 fully saturated rings. The van der Waals surface area contributed by atoms with Gasteiger partial charge in [-0.2, -0.15) is 0 Å². The van der Waals surface area contributed by atoms with Crippen molar-refractivity contribution in [3.05, 3.63) is 29.0 Å². The smallest absolute Gasteiger partial charge is 0.305 e. The fourth-order valence-corrected chi connectivity index (χ4v) is 1.59. The van der Waals surface area contributed by atoms with Crippen molar-refractivity contribution in [2.45, 2.75) is 26.3 Å². The van der Waals surface area contributed by atoms with Gasteiger partial charge in [-0.05, 0) is 26.0 Å². The second-order valence-electron chi connectivity index (χ2n) is 4.11. The zero-order chi connectivity index (χ0) is 13.7. The van der Waals surface area contributed by atoms with Gasteiger partial charge in [0.25, 0.3) is 5.91 Å². The van der Waals surface area contributed by atoms with Crippen molar-refractivity contribution in [2.24, 2.45) is 0 Å². The quantitative estimate of drug-likeness (QED) is 0.832. The van der Waals surface area contributed by atoms with Crippen molar-refractivity contribution in [2.75, 3.05) is 6.54 Å². The Morgan fingerprint density at radius 3 is 2.56 bits per heavy atom. The van der Waals surface area contributed by atoms with E-state index in [-0.39, 0.29) is 24.9 Å². The fourth-order valence-electron chi connectivity index (χ4n) is 1.48. The van der Waals surface area contributed by atoms with E-state index in [1.807, 2.05) is 13.8 Å². The van der Waals surface area contributed by atoms with Crippen molar-refractivity contribution in [1.29, 1.82) is 0 Å². The molecule has 0 saturated heterocycles. The average molecular weight is 271 g/mol. The topological polar surface area (TPSA) is 70.5 Å². The number of pyridine rings is 1. The summed E-state index contributed by atoms with van der Waals surface area (Å²) < 4.78 is 0. The van der Waals surface area contributed by atoms with Crippen LogP contribution in [0.5, 0.6) is 0 Å². The molecule has 0 spiro atoms. The van der Waals surface area contributed by atoms with Crippen molar-refractivity contribution in [1.82, 2.24) is 9.88 Å². The number of rotatable bonds is 5. The van der Waals surface area contributed by atoms with E-state index in [2.05, 4.69) is 4.98 Å². The van der Waals surface area contributed by atoms with Crippen LogP contribution in [0.2, 0.25) is 5.15 Å². The van der Waals surface area contributed by atoms with Crippen LogP contribution in [0, 0.1) is 0 Å². The molecule has 0 aliphatic rings. The molecule has 0 atom stereocenters. The molecule has 0 bridgehead atoms. The Balaban J connectivity index is 2.82. The maximum absolute atomic E-state index is 12.2. The lowest BCUT2D eigenvalue weighted by Gasteiger charge is -2.26. The molecule has 5 nitrogen and oxygen atoms in total. The van der Waals surface area contributed by atoms with Gasteiger partial charge in [-0.15, -0.1) is 0 Å². The highest BCUT2D eigenvalue weighted by Gasteiger charge is 2.19. The number of hydrogen-bond donors (Lipinski definition) is 1. The molecular formula is C12H15ClN2O3. The lowest BCUT2D eigenvalue weighted by Crippen LogP contribution is -2.38. The molecule has 1 N–H and O–H groups in total. The number of carbonyl (C=O) groups is 2. The summed E-state index contributed by atoms with van der Waals surface area (Å²) in [7, 11) is 0. The Morgan fingerprint density at radius 1 is 1.44 bits per heavy atom. The Morgan fingerprint density at radius 2 is 2.11 bits per heavy atom. The zero-order valence-corrected chi connectivity index (χ0v) is 11.0.